The van der Waals surface area contributed by atoms with Gasteiger partial charge in [0.2, 0.25) is 0 Å². The molecule has 0 aromatic heterocycles. The normalized spacial score (nSPS) is 13.0. The number of anilines is 1. The summed E-state index contributed by atoms with van der Waals surface area (Å²) in [4.78, 5) is 2.16. The minimum Gasteiger partial charge on any atom is -0.383 e. The quantitative estimate of drug-likeness (QED) is 0.870. The van der Waals surface area contributed by atoms with Crippen molar-refractivity contribution in [3.05, 3.63) is 29.3 Å². The number of hydrogen-bond donors (Lipinski definition) is 1. The summed E-state index contributed by atoms with van der Waals surface area (Å²) in [6, 6.07) is 5.42. The standard InChI is InChI=1S/C15H20F3N3/c1-4-11(2)21(3)8-7-20-14-6-5-13(15(16,17)18)9-12(14)10-19/h5-6,9,11,20H,4,7-8H2,1-3H3. The third-order valence-corrected chi connectivity index (χ3v) is 3.59. The lowest BCUT2D eigenvalue weighted by molar-refractivity contribution is -0.137. The maximum absolute atomic E-state index is 12.6. The van der Waals surface area contributed by atoms with E-state index in [4.69, 9.17) is 5.26 Å². The fraction of sp³-hybridized carbons (Fsp3) is 0.533. The van der Waals surface area contributed by atoms with Crippen molar-refractivity contribution in [1.82, 2.24) is 4.90 Å². The van der Waals surface area contributed by atoms with Gasteiger partial charge in [-0.25, -0.2) is 0 Å². The van der Waals surface area contributed by atoms with Gasteiger partial charge < -0.3 is 10.2 Å². The van der Waals surface area contributed by atoms with Crippen LogP contribution >= 0.6 is 0 Å². The average molecular weight is 299 g/mol. The Bertz CT molecular complexity index is 506. The van der Waals surface area contributed by atoms with Crippen LogP contribution in [-0.4, -0.2) is 31.1 Å². The maximum Gasteiger partial charge on any atom is 0.416 e. The van der Waals surface area contributed by atoms with E-state index in [2.05, 4.69) is 24.1 Å². The van der Waals surface area contributed by atoms with E-state index in [0.717, 1.165) is 25.1 Å². The van der Waals surface area contributed by atoms with Crippen LogP contribution < -0.4 is 5.32 Å². The van der Waals surface area contributed by atoms with Gasteiger partial charge in [0.05, 0.1) is 16.8 Å². The summed E-state index contributed by atoms with van der Waals surface area (Å²) < 4.78 is 37.8. The van der Waals surface area contributed by atoms with E-state index in [9.17, 15) is 13.2 Å². The molecule has 21 heavy (non-hydrogen) atoms. The van der Waals surface area contributed by atoms with E-state index in [-0.39, 0.29) is 5.56 Å². The second-order valence-electron chi connectivity index (χ2n) is 5.03. The van der Waals surface area contributed by atoms with Crippen molar-refractivity contribution in [3.8, 4) is 6.07 Å². The first-order valence-corrected chi connectivity index (χ1v) is 6.85. The maximum atomic E-state index is 12.6. The summed E-state index contributed by atoms with van der Waals surface area (Å²) in [5.41, 5.74) is -0.361. The number of benzene rings is 1. The molecule has 6 heteroatoms. The minimum absolute atomic E-state index is 0.0102. The fourth-order valence-corrected chi connectivity index (χ4v) is 1.87. The molecular formula is C15H20F3N3. The Labute approximate surface area is 123 Å². The van der Waals surface area contributed by atoms with Gasteiger partial charge in [-0.05, 0) is 38.6 Å². The van der Waals surface area contributed by atoms with E-state index < -0.39 is 11.7 Å². The predicted octanol–water partition coefficient (Wildman–Crippen LogP) is 3.72. The highest BCUT2D eigenvalue weighted by Gasteiger charge is 2.31. The van der Waals surface area contributed by atoms with E-state index in [1.54, 1.807) is 6.07 Å². The first-order valence-electron chi connectivity index (χ1n) is 6.85. The summed E-state index contributed by atoms with van der Waals surface area (Å²) in [6.07, 6.45) is -3.40. The average Bonchev–Trinajstić information content (AvgIpc) is 2.45. The molecule has 0 fully saturated rings. The lowest BCUT2D eigenvalue weighted by Gasteiger charge is -2.23. The number of halogens is 3. The van der Waals surface area contributed by atoms with Gasteiger partial charge in [-0.15, -0.1) is 0 Å². The molecule has 1 aromatic carbocycles. The van der Waals surface area contributed by atoms with Crippen molar-refractivity contribution in [1.29, 1.82) is 5.26 Å². The number of rotatable bonds is 6. The number of likely N-dealkylation sites (N-methyl/N-ethyl adjacent to an activating group) is 1. The van der Waals surface area contributed by atoms with Crippen LogP contribution in [0.15, 0.2) is 18.2 Å². The Morgan fingerprint density at radius 2 is 2.05 bits per heavy atom. The summed E-state index contributed by atoms with van der Waals surface area (Å²) in [5, 5.41) is 12.0. The molecule has 116 valence electrons. The molecule has 1 unspecified atom stereocenters. The Kier molecular flexibility index (Phi) is 6.03. The Morgan fingerprint density at radius 1 is 1.38 bits per heavy atom. The molecule has 0 aliphatic rings. The van der Waals surface area contributed by atoms with Gasteiger partial charge in [0.1, 0.15) is 6.07 Å². The van der Waals surface area contributed by atoms with Gasteiger partial charge in [-0.3, -0.25) is 0 Å². The molecular weight excluding hydrogens is 279 g/mol. The molecule has 1 rings (SSSR count). The molecule has 0 bridgehead atoms. The zero-order valence-corrected chi connectivity index (χ0v) is 12.5. The highest BCUT2D eigenvalue weighted by Crippen LogP contribution is 2.31. The molecule has 0 saturated carbocycles. The lowest BCUT2D eigenvalue weighted by Crippen LogP contribution is -2.32. The van der Waals surface area contributed by atoms with Crippen molar-refractivity contribution < 1.29 is 13.2 Å². The molecule has 0 saturated heterocycles. The van der Waals surface area contributed by atoms with Crippen LogP contribution in [0.5, 0.6) is 0 Å². The number of nitrogens with one attached hydrogen (secondary N) is 1. The lowest BCUT2D eigenvalue weighted by atomic mass is 10.1. The Morgan fingerprint density at radius 3 is 2.57 bits per heavy atom. The van der Waals surface area contributed by atoms with Crippen molar-refractivity contribution in [2.45, 2.75) is 32.5 Å². The Hall–Kier alpha value is -1.74. The smallest absolute Gasteiger partial charge is 0.383 e. The molecule has 0 heterocycles. The molecule has 3 nitrogen and oxygen atoms in total. The van der Waals surface area contributed by atoms with Gasteiger partial charge in [0.15, 0.2) is 0 Å². The van der Waals surface area contributed by atoms with E-state index in [1.807, 2.05) is 7.05 Å². The van der Waals surface area contributed by atoms with E-state index in [1.165, 1.54) is 6.07 Å². The first kappa shape index (κ1) is 17.3. The predicted molar refractivity (Wildman–Crippen MR) is 77.0 cm³/mol. The molecule has 1 N–H and O–H groups in total. The van der Waals surface area contributed by atoms with Crippen LogP contribution in [0.1, 0.15) is 31.4 Å². The molecule has 1 aromatic rings. The first-order chi connectivity index (χ1) is 9.79. The van der Waals surface area contributed by atoms with E-state index in [0.29, 0.717) is 18.3 Å². The molecule has 0 aliphatic carbocycles. The zero-order valence-electron chi connectivity index (χ0n) is 12.5. The fourth-order valence-electron chi connectivity index (χ4n) is 1.87. The summed E-state index contributed by atoms with van der Waals surface area (Å²) >= 11 is 0. The highest BCUT2D eigenvalue weighted by atomic mass is 19.4. The van der Waals surface area contributed by atoms with Gasteiger partial charge in [-0.1, -0.05) is 6.92 Å². The van der Waals surface area contributed by atoms with Crippen LogP contribution in [0.4, 0.5) is 18.9 Å². The molecule has 0 aliphatic heterocycles. The van der Waals surface area contributed by atoms with Crippen LogP contribution in [0.25, 0.3) is 0 Å². The van der Waals surface area contributed by atoms with Gasteiger partial charge in [0.25, 0.3) is 0 Å². The van der Waals surface area contributed by atoms with Gasteiger partial charge >= 0.3 is 6.18 Å². The van der Waals surface area contributed by atoms with Crippen molar-refractivity contribution in [2.24, 2.45) is 0 Å². The number of alkyl halides is 3. The molecule has 0 spiro atoms. The van der Waals surface area contributed by atoms with Crippen LogP contribution in [0, 0.1) is 11.3 Å². The minimum atomic E-state index is -4.43. The largest absolute Gasteiger partial charge is 0.416 e. The molecule has 0 radical (unpaired) electrons. The topological polar surface area (TPSA) is 39.1 Å². The summed E-state index contributed by atoms with van der Waals surface area (Å²) in [7, 11) is 1.99. The zero-order chi connectivity index (χ0) is 16.0. The van der Waals surface area contributed by atoms with Crippen LogP contribution in [-0.2, 0) is 6.18 Å². The molecule has 1 atom stereocenters. The monoisotopic (exact) mass is 299 g/mol. The van der Waals surface area contributed by atoms with E-state index >= 15 is 0 Å². The number of nitrogens with zero attached hydrogens (tertiary/aromatic N) is 2. The third kappa shape index (κ3) is 4.94. The third-order valence-electron chi connectivity index (χ3n) is 3.59. The van der Waals surface area contributed by atoms with Gasteiger partial charge in [-0.2, -0.15) is 18.4 Å². The summed E-state index contributed by atoms with van der Waals surface area (Å²) in [5.74, 6) is 0. The van der Waals surface area contributed by atoms with Crippen molar-refractivity contribution in [2.75, 3.05) is 25.5 Å². The second kappa shape index (κ2) is 7.32. The highest BCUT2D eigenvalue weighted by molar-refractivity contribution is 5.59. The second-order valence-corrected chi connectivity index (χ2v) is 5.03. The van der Waals surface area contributed by atoms with Crippen molar-refractivity contribution >= 4 is 5.69 Å². The number of hydrogen-bond acceptors (Lipinski definition) is 3. The SMILES string of the molecule is CCC(C)N(C)CCNc1ccc(C(F)(F)F)cc1C#N. The molecule has 0 amide bonds. The van der Waals surface area contributed by atoms with Crippen LogP contribution in [0.3, 0.4) is 0 Å². The van der Waals surface area contributed by atoms with Crippen molar-refractivity contribution in [3.63, 3.8) is 0 Å². The van der Waals surface area contributed by atoms with Crippen LogP contribution in [0.2, 0.25) is 0 Å². The summed E-state index contributed by atoms with van der Waals surface area (Å²) in [6.45, 7) is 5.53. The van der Waals surface area contributed by atoms with Gasteiger partial charge in [0, 0.05) is 19.1 Å². The number of nitriles is 1. The Balaban J connectivity index is 2.70.